The van der Waals surface area contributed by atoms with Crippen LogP contribution in [-0.2, 0) is 0 Å². The lowest BCUT2D eigenvalue weighted by atomic mass is 10.2. The summed E-state index contributed by atoms with van der Waals surface area (Å²) in [5.74, 6) is 0. The van der Waals surface area contributed by atoms with E-state index in [1.807, 2.05) is 6.92 Å². The van der Waals surface area contributed by atoms with E-state index in [1.54, 1.807) is 13.0 Å². The third-order valence-corrected chi connectivity index (χ3v) is 1.10. The Labute approximate surface area is 49.7 Å². The molecule has 0 bridgehead atoms. The lowest BCUT2D eigenvalue weighted by molar-refractivity contribution is 0.450. The van der Waals surface area contributed by atoms with E-state index in [0.29, 0.717) is 0 Å². The molecule has 0 aromatic carbocycles. The summed E-state index contributed by atoms with van der Waals surface area (Å²) in [5.41, 5.74) is 0.722. The van der Waals surface area contributed by atoms with Crippen molar-refractivity contribution in [3.05, 3.63) is 24.3 Å². The molecule has 0 saturated heterocycles. The molecule has 0 rings (SSSR count). The lowest BCUT2D eigenvalue weighted by Crippen LogP contribution is -1.94. The fourth-order valence-electron chi connectivity index (χ4n) is 0.345. The Morgan fingerprint density at radius 3 is 2.38 bits per heavy atom. The van der Waals surface area contributed by atoms with E-state index in [2.05, 4.69) is 6.58 Å². The molecule has 0 amide bonds. The average Bonchev–Trinajstić information content (AvgIpc) is 1.84. The summed E-state index contributed by atoms with van der Waals surface area (Å²) >= 11 is 0. The highest BCUT2D eigenvalue weighted by atomic mass is 19.1. The standard InChI is InChI=1S/C7H11F/c1-4-6(3)7(8)5-2/h4-5,7H,2H2,1,3H3/b6-4+. The summed E-state index contributed by atoms with van der Waals surface area (Å²) in [5, 5.41) is 0. The molecule has 0 fully saturated rings. The van der Waals surface area contributed by atoms with Gasteiger partial charge in [-0.25, -0.2) is 4.39 Å². The van der Waals surface area contributed by atoms with Crippen molar-refractivity contribution in [1.29, 1.82) is 0 Å². The molecule has 1 unspecified atom stereocenters. The third kappa shape index (κ3) is 1.92. The molecule has 0 N–H and O–H groups in total. The van der Waals surface area contributed by atoms with E-state index in [1.165, 1.54) is 6.08 Å². The molecule has 8 heavy (non-hydrogen) atoms. The zero-order chi connectivity index (χ0) is 6.57. The van der Waals surface area contributed by atoms with Crippen molar-refractivity contribution in [2.45, 2.75) is 20.0 Å². The fourth-order valence-corrected chi connectivity index (χ4v) is 0.345. The first kappa shape index (κ1) is 7.41. The van der Waals surface area contributed by atoms with E-state index in [-0.39, 0.29) is 0 Å². The summed E-state index contributed by atoms with van der Waals surface area (Å²) in [6, 6.07) is 0. The van der Waals surface area contributed by atoms with E-state index in [0.717, 1.165) is 5.57 Å². The zero-order valence-corrected chi connectivity index (χ0v) is 5.32. The first-order valence-electron chi connectivity index (χ1n) is 2.61. The van der Waals surface area contributed by atoms with E-state index in [9.17, 15) is 4.39 Å². The first-order chi connectivity index (χ1) is 3.72. The number of rotatable bonds is 2. The van der Waals surface area contributed by atoms with Crippen molar-refractivity contribution in [2.24, 2.45) is 0 Å². The van der Waals surface area contributed by atoms with Crippen LogP contribution in [0.1, 0.15) is 13.8 Å². The van der Waals surface area contributed by atoms with Crippen LogP contribution in [0.4, 0.5) is 4.39 Å². The Morgan fingerprint density at radius 2 is 2.25 bits per heavy atom. The van der Waals surface area contributed by atoms with Gasteiger partial charge < -0.3 is 0 Å². The van der Waals surface area contributed by atoms with Crippen LogP contribution in [0.3, 0.4) is 0 Å². The molecule has 0 heterocycles. The molecule has 0 aliphatic heterocycles. The van der Waals surface area contributed by atoms with Gasteiger partial charge in [0.1, 0.15) is 6.17 Å². The van der Waals surface area contributed by atoms with Crippen LogP contribution in [0, 0.1) is 0 Å². The Hall–Kier alpha value is -0.590. The maximum absolute atomic E-state index is 12.3. The zero-order valence-electron chi connectivity index (χ0n) is 5.32. The van der Waals surface area contributed by atoms with E-state index in [4.69, 9.17) is 0 Å². The minimum absolute atomic E-state index is 0.722. The number of alkyl halides is 1. The SMILES string of the molecule is C=CC(F)/C(C)=C/C. The first-order valence-corrected chi connectivity index (χ1v) is 2.61. The molecular weight excluding hydrogens is 103 g/mol. The normalized spacial score (nSPS) is 15.6. The van der Waals surface area contributed by atoms with Crippen molar-refractivity contribution in [2.75, 3.05) is 0 Å². The van der Waals surface area contributed by atoms with Gasteiger partial charge in [-0.2, -0.15) is 0 Å². The smallest absolute Gasteiger partial charge is 0.139 e. The van der Waals surface area contributed by atoms with Crippen LogP contribution in [0.25, 0.3) is 0 Å². The maximum atomic E-state index is 12.3. The maximum Gasteiger partial charge on any atom is 0.139 e. The topological polar surface area (TPSA) is 0 Å². The minimum Gasteiger partial charge on any atom is -0.238 e. The fraction of sp³-hybridized carbons (Fsp3) is 0.429. The average molecular weight is 114 g/mol. The van der Waals surface area contributed by atoms with Crippen molar-refractivity contribution >= 4 is 0 Å². The van der Waals surface area contributed by atoms with Crippen molar-refractivity contribution in [3.63, 3.8) is 0 Å². The largest absolute Gasteiger partial charge is 0.238 e. The number of hydrogen-bond donors (Lipinski definition) is 0. The van der Waals surface area contributed by atoms with Gasteiger partial charge in [0.15, 0.2) is 0 Å². The summed E-state index contributed by atoms with van der Waals surface area (Å²) < 4.78 is 12.3. The van der Waals surface area contributed by atoms with Crippen LogP contribution >= 0.6 is 0 Å². The Morgan fingerprint density at radius 1 is 1.75 bits per heavy atom. The molecule has 0 aromatic heterocycles. The van der Waals surface area contributed by atoms with Crippen molar-refractivity contribution in [3.8, 4) is 0 Å². The van der Waals surface area contributed by atoms with Gasteiger partial charge in [0.2, 0.25) is 0 Å². The molecule has 0 saturated carbocycles. The van der Waals surface area contributed by atoms with Gasteiger partial charge in [-0.1, -0.05) is 18.7 Å². The molecule has 0 radical (unpaired) electrons. The van der Waals surface area contributed by atoms with Crippen LogP contribution in [0.5, 0.6) is 0 Å². The summed E-state index contributed by atoms with van der Waals surface area (Å²) in [7, 11) is 0. The highest BCUT2D eigenvalue weighted by Gasteiger charge is 1.98. The van der Waals surface area contributed by atoms with Crippen LogP contribution in [-0.4, -0.2) is 6.17 Å². The van der Waals surface area contributed by atoms with Gasteiger partial charge in [-0.05, 0) is 19.4 Å². The Kier molecular flexibility index (Phi) is 3.16. The molecule has 0 aromatic rings. The van der Waals surface area contributed by atoms with Gasteiger partial charge in [0, 0.05) is 0 Å². The Bertz CT molecular complexity index is 103. The summed E-state index contributed by atoms with van der Waals surface area (Å²) in [6.07, 6.45) is 2.07. The molecule has 0 nitrogen and oxygen atoms in total. The molecule has 1 atom stereocenters. The number of hydrogen-bond acceptors (Lipinski definition) is 0. The molecule has 46 valence electrons. The predicted molar refractivity (Wildman–Crippen MR) is 34.5 cm³/mol. The van der Waals surface area contributed by atoms with Crippen LogP contribution in [0.2, 0.25) is 0 Å². The number of allylic oxidation sites excluding steroid dienone is 3. The molecule has 0 aliphatic rings. The summed E-state index contributed by atoms with van der Waals surface area (Å²) in [4.78, 5) is 0. The second-order valence-corrected chi connectivity index (χ2v) is 1.67. The molecular formula is C7H11F. The van der Waals surface area contributed by atoms with Gasteiger partial charge in [-0.15, -0.1) is 0 Å². The van der Waals surface area contributed by atoms with Crippen molar-refractivity contribution < 1.29 is 4.39 Å². The van der Waals surface area contributed by atoms with Crippen LogP contribution < -0.4 is 0 Å². The Balaban J connectivity index is 3.81. The quantitative estimate of drug-likeness (QED) is 0.484. The minimum atomic E-state index is -0.958. The summed E-state index contributed by atoms with van der Waals surface area (Å²) in [6.45, 7) is 6.87. The van der Waals surface area contributed by atoms with Gasteiger partial charge in [0.25, 0.3) is 0 Å². The highest BCUT2D eigenvalue weighted by molar-refractivity contribution is 5.09. The third-order valence-electron chi connectivity index (χ3n) is 1.10. The van der Waals surface area contributed by atoms with Crippen LogP contribution in [0.15, 0.2) is 24.3 Å². The van der Waals surface area contributed by atoms with Crippen molar-refractivity contribution in [1.82, 2.24) is 0 Å². The molecule has 0 aliphatic carbocycles. The van der Waals surface area contributed by atoms with Gasteiger partial charge in [-0.3, -0.25) is 0 Å². The van der Waals surface area contributed by atoms with E-state index >= 15 is 0 Å². The van der Waals surface area contributed by atoms with Gasteiger partial charge >= 0.3 is 0 Å². The highest BCUT2D eigenvalue weighted by Crippen LogP contribution is 2.04. The molecule has 1 heteroatoms. The second kappa shape index (κ2) is 3.42. The lowest BCUT2D eigenvalue weighted by Gasteiger charge is -1.98. The molecule has 0 spiro atoms. The number of halogens is 1. The van der Waals surface area contributed by atoms with E-state index < -0.39 is 6.17 Å². The predicted octanol–water partition coefficient (Wildman–Crippen LogP) is 2.48. The monoisotopic (exact) mass is 114 g/mol. The second-order valence-electron chi connectivity index (χ2n) is 1.67. The van der Waals surface area contributed by atoms with Gasteiger partial charge in [0.05, 0.1) is 0 Å².